The number of para-hydroxylation sites is 1. The zero-order valence-corrected chi connectivity index (χ0v) is 16.1. The van der Waals surface area contributed by atoms with Crippen LogP contribution < -0.4 is 9.47 Å². The molecular weight excluding hydrogens is 392 g/mol. The van der Waals surface area contributed by atoms with Crippen molar-refractivity contribution in [2.45, 2.75) is 19.6 Å². The van der Waals surface area contributed by atoms with Crippen molar-refractivity contribution < 1.29 is 23.4 Å². The second-order valence-corrected chi connectivity index (χ2v) is 6.56. The number of benzene rings is 1. The van der Waals surface area contributed by atoms with Crippen molar-refractivity contribution in [1.82, 2.24) is 14.4 Å². The highest BCUT2D eigenvalue weighted by atomic mass is 19.3. The minimum Gasteiger partial charge on any atom is -0.481 e. The number of aromatic nitrogens is 3. The van der Waals surface area contributed by atoms with Crippen molar-refractivity contribution in [3.63, 3.8) is 0 Å². The van der Waals surface area contributed by atoms with Crippen molar-refractivity contribution >= 4 is 5.65 Å². The van der Waals surface area contributed by atoms with E-state index in [-0.39, 0.29) is 18.8 Å². The molecule has 1 N–H and O–H groups in total. The fourth-order valence-electron chi connectivity index (χ4n) is 3.34. The van der Waals surface area contributed by atoms with E-state index in [1.807, 2.05) is 28.8 Å². The number of pyridine rings is 2. The maximum Gasteiger partial charge on any atom is 0.387 e. The van der Waals surface area contributed by atoms with Gasteiger partial charge >= 0.3 is 6.61 Å². The van der Waals surface area contributed by atoms with Gasteiger partial charge in [0.05, 0.1) is 25.1 Å². The molecule has 0 amide bonds. The van der Waals surface area contributed by atoms with Crippen LogP contribution in [0.4, 0.5) is 8.78 Å². The van der Waals surface area contributed by atoms with Gasteiger partial charge in [-0.15, -0.1) is 0 Å². The van der Waals surface area contributed by atoms with Crippen LogP contribution in [0, 0.1) is 0 Å². The maximum absolute atomic E-state index is 12.8. The minimum absolute atomic E-state index is 0.0989. The van der Waals surface area contributed by atoms with E-state index in [1.165, 1.54) is 6.07 Å². The number of imidazole rings is 1. The Bertz CT molecular complexity index is 1160. The lowest BCUT2D eigenvalue weighted by molar-refractivity contribution is -0.0504. The number of rotatable bonds is 7. The molecule has 0 bridgehead atoms. The fourth-order valence-corrected chi connectivity index (χ4v) is 3.34. The summed E-state index contributed by atoms with van der Waals surface area (Å²) >= 11 is 0. The van der Waals surface area contributed by atoms with Gasteiger partial charge in [-0.2, -0.15) is 8.78 Å². The molecule has 4 rings (SSSR count). The summed E-state index contributed by atoms with van der Waals surface area (Å²) in [7, 11) is 1.55. The lowest BCUT2D eigenvalue weighted by Gasteiger charge is -2.12. The lowest BCUT2D eigenvalue weighted by Crippen LogP contribution is -2.06. The Balaban J connectivity index is 1.77. The molecule has 0 unspecified atom stereocenters. The molecule has 0 radical (unpaired) electrons. The Kier molecular flexibility index (Phi) is 5.58. The second-order valence-electron chi connectivity index (χ2n) is 6.56. The molecule has 0 saturated carbocycles. The summed E-state index contributed by atoms with van der Waals surface area (Å²) in [6.07, 6.45) is 3.86. The number of hydrogen-bond donors (Lipinski definition) is 1. The number of aliphatic hydroxyl groups excluding tert-OH is 1. The molecular formula is C22H19F2N3O3. The molecule has 8 heteroatoms. The maximum atomic E-state index is 12.8. The van der Waals surface area contributed by atoms with Gasteiger partial charge in [0.15, 0.2) is 0 Å². The number of methoxy groups -OCH3 is 1. The largest absolute Gasteiger partial charge is 0.481 e. The van der Waals surface area contributed by atoms with Gasteiger partial charge in [0.25, 0.3) is 0 Å². The van der Waals surface area contributed by atoms with Crippen molar-refractivity contribution in [3.8, 4) is 22.8 Å². The molecule has 0 aliphatic rings. The molecule has 0 aliphatic carbocycles. The molecule has 0 saturated heterocycles. The first kappa shape index (κ1) is 19.8. The summed E-state index contributed by atoms with van der Waals surface area (Å²) in [5, 5.41) is 9.81. The van der Waals surface area contributed by atoms with Crippen LogP contribution in [0.15, 0.2) is 60.9 Å². The first-order chi connectivity index (χ1) is 14.6. The molecule has 30 heavy (non-hydrogen) atoms. The van der Waals surface area contributed by atoms with Crippen molar-refractivity contribution in [2.75, 3.05) is 7.11 Å². The van der Waals surface area contributed by atoms with Crippen LogP contribution in [0.2, 0.25) is 0 Å². The summed E-state index contributed by atoms with van der Waals surface area (Å²) in [5.41, 5.74) is 4.16. The van der Waals surface area contributed by atoms with E-state index in [1.54, 1.807) is 37.6 Å². The minimum atomic E-state index is -2.92. The topological polar surface area (TPSA) is 68.9 Å². The van der Waals surface area contributed by atoms with E-state index >= 15 is 0 Å². The van der Waals surface area contributed by atoms with E-state index in [0.29, 0.717) is 28.5 Å². The highest BCUT2D eigenvalue weighted by Gasteiger charge is 2.16. The van der Waals surface area contributed by atoms with Crippen LogP contribution in [0.25, 0.3) is 16.8 Å². The van der Waals surface area contributed by atoms with Crippen LogP contribution in [0.5, 0.6) is 11.6 Å². The SMILES string of the molecule is COc1ccc(-c2ccc3nc(CO)c(Cc4ccccc4OC(F)F)n3c2)cn1. The number of fused-ring (bicyclic) bond motifs is 1. The molecule has 3 heterocycles. The van der Waals surface area contributed by atoms with Gasteiger partial charge in [0, 0.05) is 41.6 Å². The second kappa shape index (κ2) is 8.46. The van der Waals surface area contributed by atoms with Gasteiger partial charge in [-0.1, -0.05) is 18.2 Å². The molecule has 6 nitrogen and oxygen atoms in total. The highest BCUT2D eigenvalue weighted by molar-refractivity contribution is 5.64. The number of halogens is 2. The van der Waals surface area contributed by atoms with E-state index in [2.05, 4.69) is 14.7 Å². The summed E-state index contributed by atoms with van der Waals surface area (Å²) in [5.74, 6) is 0.614. The van der Waals surface area contributed by atoms with E-state index in [0.717, 1.165) is 11.1 Å². The molecule has 0 fully saturated rings. The predicted molar refractivity (Wildman–Crippen MR) is 107 cm³/mol. The zero-order chi connectivity index (χ0) is 21.1. The standard InChI is InChI=1S/C22H19F2N3O3/c1-29-21-9-7-15(11-25-21)16-6-8-20-26-17(13-28)18(27(20)12-16)10-14-4-2-3-5-19(14)30-22(23)24/h2-9,11-12,22,28H,10,13H2,1H3. The summed E-state index contributed by atoms with van der Waals surface area (Å²) in [6, 6.07) is 14.0. The summed E-state index contributed by atoms with van der Waals surface area (Å²) in [4.78, 5) is 8.70. The van der Waals surface area contributed by atoms with Crippen LogP contribution in [0.3, 0.4) is 0 Å². The molecule has 0 spiro atoms. The van der Waals surface area contributed by atoms with Crippen molar-refractivity contribution in [2.24, 2.45) is 0 Å². The Labute approximate surface area is 171 Å². The third kappa shape index (κ3) is 3.95. The van der Waals surface area contributed by atoms with Gasteiger partial charge < -0.3 is 19.0 Å². The Hall–Kier alpha value is -3.52. The first-order valence-electron chi connectivity index (χ1n) is 9.23. The van der Waals surface area contributed by atoms with Gasteiger partial charge in [0.2, 0.25) is 5.88 Å². The number of aliphatic hydroxyl groups is 1. The Morgan fingerprint density at radius 3 is 2.57 bits per heavy atom. The molecule has 154 valence electrons. The molecule has 1 aromatic carbocycles. The zero-order valence-electron chi connectivity index (χ0n) is 16.1. The first-order valence-corrected chi connectivity index (χ1v) is 9.23. The molecule has 0 aliphatic heterocycles. The predicted octanol–water partition coefficient (Wildman–Crippen LogP) is 4.09. The third-order valence-corrected chi connectivity index (χ3v) is 4.78. The Morgan fingerprint density at radius 1 is 1.07 bits per heavy atom. The smallest absolute Gasteiger partial charge is 0.387 e. The normalized spacial score (nSPS) is 11.2. The van der Waals surface area contributed by atoms with Gasteiger partial charge in [-0.05, 0) is 24.3 Å². The van der Waals surface area contributed by atoms with Gasteiger partial charge in [-0.25, -0.2) is 9.97 Å². The Morgan fingerprint density at radius 2 is 1.87 bits per heavy atom. The number of ether oxygens (including phenoxy) is 2. The number of alkyl halides is 2. The average Bonchev–Trinajstić information content (AvgIpc) is 3.11. The van der Waals surface area contributed by atoms with Crippen LogP contribution in [0.1, 0.15) is 17.0 Å². The fraction of sp³-hybridized carbons (Fsp3) is 0.182. The van der Waals surface area contributed by atoms with E-state index in [9.17, 15) is 13.9 Å². The molecule has 0 atom stereocenters. The number of hydrogen-bond acceptors (Lipinski definition) is 5. The van der Waals surface area contributed by atoms with Crippen LogP contribution >= 0.6 is 0 Å². The van der Waals surface area contributed by atoms with E-state index in [4.69, 9.17) is 4.74 Å². The quantitative estimate of drug-likeness (QED) is 0.496. The molecule has 4 aromatic rings. The summed E-state index contributed by atoms with van der Waals surface area (Å²) < 4.78 is 37.2. The van der Waals surface area contributed by atoms with E-state index < -0.39 is 6.61 Å². The lowest BCUT2D eigenvalue weighted by atomic mass is 10.1. The van der Waals surface area contributed by atoms with Gasteiger partial charge in [-0.3, -0.25) is 0 Å². The highest BCUT2D eigenvalue weighted by Crippen LogP contribution is 2.27. The van der Waals surface area contributed by atoms with Gasteiger partial charge in [0.1, 0.15) is 11.4 Å². The van der Waals surface area contributed by atoms with Crippen LogP contribution in [-0.4, -0.2) is 33.2 Å². The average molecular weight is 411 g/mol. The van der Waals surface area contributed by atoms with Crippen LogP contribution in [-0.2, 0) is 13.0 Å². The summed E-state index contributed by atoms with van der Waals surface area (Å²) in [6.45, 7) is -3.19. The van der Waals surface area contributed by atoms with Crippen molar-refractivity contribution in [3.05, 3.63) is 77.9 Å². The molecule has 3 aromatic heterocycles. The number of nitrogens with zero attached hydrogens (tertiary/aromatic N) is 3. The van der Waals surface area contributed by atoms with Crippen molar-refractivity contribution in [1.29, 1.82) is 0 Å². The third-order valence-electron chi connectivity index (χ3n) is 4.78. The monoisotopic (exact) mass is 411 g/mol.